The molecule has 146 valence electrons. The SMILES string of the molecule is Bc1c(C)c(-c2cc(C)cc(-c3c(S)c(B)c(C)c(C)c3S)c2)c(C)c(B)c1S. The molecule has 0 unspecified atom stereocenters. The van der Waals surface area contributed by atoms with Crippen LogP contribution in [0, 0.1) is 34.6 Å². The average Bonchev–Trinajstić information content (AvgIpc) is 2.67. The molecule has 0 saturated heterocycles. The van der Waals surface area contributed by atoms with Gasteiger partial charge in [0.15, 0.2) is 0 Å². The van der Waals surface area contributed by atoms with Crippen LogP contribution in [-0.4, -0.2) is 23.5 Å². The van der Waals surface area contributed by atoms with Crippen molar-refractivity contribution in [3.63, 3.8) is 0 Å². The van der Waals surface area contributed by atoms with Gasteiger partial charge in [0.1, 0.15) is 23.5 Å². The van der Waals surface area contributed by atoms with Gasteiger partial charge in [0.2, 0.25) is 0 Å². The van der Waals surface area contributed by atoms with E-state index in [1.165, 1.54) is 60.9 Å². The van der Waals surface area contributed by atoms with Crippen LogP contribution >= 0.6 is 37.9 Å². The molecular formula is C23H27B3S3. The highest BCUT2D eigenvalue weighted by atomic mass is 32.1. The first-order valence-electron chi connectivity index (χ1n) is 9.90. The molecule has 0 nitrogen and oxygen atoms in total. The zero-order valence-electron chi connectivity index (χ0n) is 18.6. The van der Waals surface area contributed by atoms with E-state index in [4.69, 9.17) is 37.9 Å². The van der Waals surface area contributed by atoms with E-state index in [1.54, 1.807) is 0 Å². The second-order valence-electron chi connectivity index (χ2n) is 8.26. The standard InChI is InChI=1S/C23H27B3S3/c1-9-6-14(16-12(4)19(25)23(29)20(26)13(16)5)8-15(7-9)17-21(27)11(3)10(2)18(24)22(17)28/h6-8,27-29H,24-26H2,1-5H3. The molecule has 3 aromatic carbocycles. The summed E-state index contributed by atoms with van der Waals surface area (Å²) in [5.74, 6) is 0. The molecule has 0 N–H and O–H groups in total. The second kappa shape index (κ2) is 8.21. The summed E-state index contributed by atoms with van der Waals surface area (Å²) in [5, 5.41) is 0. The van der Waals surface area contributed by atoms with Crippen LogP contribution in [0.3, 0.4) is 0 Å². The van der Waals surface area contributed by atoms with Crippen LogP contribution in [0.1, 0.15) is 27.8 Å². The number of aryl methyl sites for hydroxylation is 1. The van der Waals surface area contributed by atoms with Crippen LogP contribution in [0.15, 0.2) is 32.9 Å². The highest BCUT2D eigenvalue weighted by Crippen LogP contribution is 2.38. The number of thiol groups is 3. The Bertz CT molecular complexity index is 1020. The number of rotatable bonds is 2. The molecular weight excluding hydrogens is 405 g/mol. The number of hydrogen-bond donors (Lipinski definition) is 3. The Hall–Kier alpha value is -1.10. The number of benzene rings is 3. The maximum atomic E-state index is 4.89. The fourth-order valence-corrected chi connectivity index (χ4v) is 5.44. The van der Waals surface area contributed by atoms with Crippen molar-refractivity contribution in [2.75, 3.05) is 0 Å². The largest absolute Gasteiger partial charge is 0.145 e. The molecule has 0 heterocycles. The Balaban J connectivity index is 2.37. The first-order valence-corrected chi connectivity index (χ1v) is 11.2. The molecule has 0 aliphatic carbocycles. The maximum Gasteiger partial charge on any atom is 0.141 e. The molecule has 0 bridgehead atoms. The summed E-state index contributed by atoms with van der Waals surface area (Å²) in [7, 11) is 6.47. The van der Waals surface area contributed by atoms with Crippen molar-refractivity contribution in [1.82, 2.24) is 0 Å². The molecule has 3 rings (SSSR count). The summed E-state index contributed by atoms with van der Waals surface area (Å²) in [5.41, 5.74) is 14.9. The summed E-state index contributed by atoms with van der Waals surface area (Å²) >= 11 is 14.5. The highest BCUT2D eigenvalue weighted by molar-refractivity contribution is 7.81. The molecule has 0 atom stereocenters. The van der Waals surface area contributed by atoms with E-state index in [1.807, 2.05) is 0 Å². The van der Waals surface area contributed by atoms with Crippen LogP contribution < -0.4 is 16.4 Å². The van der Waals surface area contributed by atoms with Crippen molar-refractivity contribution in [2.45, 2.75) is 49.3 Å². The van der Waals surface area contributed by atoms with Crippen molar-refractivity contribution >= 4 is 77.8 Å². The van der Waals surface area contributed by atoms with E-state index < -0.39 is 0 Å². The zero-order chi connectivity index (χ0) is 21.8. The molecule has 0 saturated carbocycles. The van der Waals surface area contributed by atoms with E-state index in [-0.39, 0.29) is 0 Å². The third kappa shape index (κ3) is 3.73. The third-order valence-electron chi connectivity index (χ3n) is 6.55. The van der Waals surface area contributed by atoms with Crippen LogP contribution in [-0.2, 0) is 0 Å². The van der Waals surface area contributed by atoms with Crippen molar-refractivity contribution in [1.29, 1.82) is 0 Å². The lowest BCUT2D eigenvalue weighted by molar-refractivity contribution is 1.21. The molecule has 0 aromatic heterocycles. The Kier molecular flexibility index (Phi) is 6.39. The Labute approximate surface area is 194 Å². The minimum atomic E-state index is 1.01. The van der Waals surface area contributed by atoms with E-state index in [9.17, 15) is 0 Å². The van der Waals surface area contributed by atoms with E-state index in [2.05, 4.69) is 76.4 Å². The van der Waals surface area contributed by atoms with Crippen molar-refractivity contribution in [3.8, 4) is 22.3 Å². The van der Waals surface area contributed by atoms with Gasteiger partial charge in [-0.2, -0.15) is 0 Å². The second-order valence-corrected chi connectivity index (χ2v) is 9.60. The van der Waals surface area contributed by atoms with Gasteiger partial charge in [-0.05, 0) is 84.5 Å². The molecule has 3 aromatic rings. The average molecular weight is 432 g/mol. The first kappa shape index (κ1) is 22.6. The smallest absolute Gasteiger partial charge is 0.141 e. The molecule has 0 spiro atoms. The van der Waals surface area contributed by atoms with Gasteiger partial charge >= 0.3 is 0 Å². The molecule has 0 aliphatic heterocycles. The molecule has 0 aliphatic rings. The quantitative estimate of drug-likeness (QED) is 0.402. The summed E-state index contributed by atoms with van der Waals surface area (Å²) in [6.45, 7) is 10.9. The predicted molar refractivity (Wildman–Crippen MR) is 147 cm³/mol. The fraction of sp³-hybridized carbons (Fsp3) is 0.217. The third-order valence-corrected chi connectivity index (χ3v) is 8.34. The number of hydrogen-bond acceptors (Lipinski definition) is 3. The van der Waals surface area contributed by atoms with E-state index in [0.717, 1.165) is 20.2 Å². The summed E-state index contributed by atoms with van der Waals surface area (Å²) in [6, 6.07) is 6.81. The van der Waals surface area contributed by atoms with Crippen LogP contribution in [0.25, 0.3) is 22.3 Å². The highest BCUT2D eigenvalue weighted by Gasteiger charge is 2.18. The van der Waals surface area contributed by atoms with Crippen molar-refractivity contribution in [2.24, 2.45) is 0 Å². The van der Waals surface area contributed by atoms with Gasteiger partial charge in [-0.1, -0.05) is 34.1 Å². The minimum absolute atomic E-state index is 1.01. The van der Waals surface area contributed by atoms with Crippen molar-refractivity contribution in [3.05, 3.63) is 46.0 Å². The van der Waals surface area contributed by atoms with Gasteiger partial charge in [0, 0.05) is 15.4 Å². The van der Waals surface area contributed by atoms with Gasteiger partial charge in [0.25, 0.3) is 0 Å². The Morgan fingerprint density at radius 1 is 0.517 bits per heavy atom. The summed E-state index contributed by atoms with van der Waals surface area (Å²) in [6.07, 6.45) is 0. The molecule has 29 heavy (non-hydrogen) atoms. The lowest BCUT2D eigenvalue weighted by Gasteiger charge is -2.22. The lowest BCUT2D eigenvalue weighted by Crippen LogP contribution is -2.24. The monoisotopic (exact) mass is 432 g/mol. The topological polar surface area (TPSA) is 0 Å². The fourth-order valence-electron chi connectivity index (χ4n) is 4.19. The molecule has 6 heteroatoms. The van der Waals surface area contributed by atoms with E-state index in [0.29, 0.717) is 0 Å². The van der Waals surface area contributed by atoms with Crippen molar-refractivity contribution < 1.29 is 0 Å². The van der Waals surface area contributed by atoms with Gasteiger partial charge in [-0.3, -0.25) is 0 Å². The van der Waals surface area contributed by atoms with Crippen LogP contribution in [0.2, 0.25) is 0 Å². The zero-order valence-corrected chi connectivity index (χ0v) is 21.3. The lowest BCUT2D eigenvalue weighted by atomic mass is 9.76. The van der Waals surface area contributed by atoms with Crippen LogP contribution in [0.5, 0.6) is 0 Å². The summed E-state index contributed by atoms with van der Waals surface area (Å²) in [4.78, 5) is 3.12. The predicted octanol–water partition coefficient (Wildman–Crippen LogP) is 2.20. The molecule has 0 radical (unpaired) electrons. The molecule has 0 amide bonds. The van der Waals surface area contributed by atoms with Gasteiger partial charge < -0.3 is 0 Å². The van der Waals surface area contributed by atoms with E-state index >= 15 is 0 Å². The summed E-state index contributed by atoms with van der Waals surface area (Å²) < 4.78 is 0. The minimum Gasteiger partial charge on any atom is -0.145 e. The van der Waals surface area contributed by atoms with Gasteiger partial charge in [-0.15, -0.1) is 37.9 Å². The Morgan fingerprint density at radius 3 is 1.48 bits per heavy atom. The van der Waals surface area contributed by atoms with Gasteiger partial charge in [0.05, 0.1) is 0 Å². The van der Waals surface area contributed by atoms with Gasteiger partial charge in [-0.25, -0.2) is 0 Å². The first-order chi connectivity index (χ1) is 13.5. The maximum absolute atomic E-state index is 4.89. The normalized spacial score (nSPS) is 11.2. The Morgan fingerprint density at radius 2 is 0.966 bits per heavy atom. The van der Waals surface area contributed by atoms with Crippen LogP contribution in [0.4, 0.5) is 0 Å². The molecule has 0 fully saturated rings.